The minimum Gasteiger partial charge on any atom is -0.462 e. The second-order valence-corrected chi connectivity index (χ2v) is 10.1. The number of rotatable bonds is 21. The van der Waals surface area contributed by atoms with E-state index in [9.17, 15) is 24.9 Å². The number of fused-ring (bicyclic) bond motifs is 1. The van der Waals surface area contributed by atoms with Crippen LogP contribution in [0.3, 0.4) is 0 Å². The number of carbonyl (C=O) groups excluding carboxylic acids is 2. The van der Waals surface area contributed by atoms with Crippen LogP contribution in [0.5, 0.6) is 0 Å². The predicted octanol–water partition coefficient (Wildman–Crippen LogP) is 3.12. The van der Waals surface area contributed by atoms with Crippen LogP contribution in [0, 0.1) is 0 Å². The Morgan fingerprint density at radius 3 is 2.03 bits per heavy atom. The van der Waals surface area contributed by atoms with Gasteiger partial charge in [-0.3, -0.25) is 9.59 Å². The molecule has 0 aromatic carbocycles. The summed E-state index contributed by atoms with van der Waals surface area (Å²) in [5.74, 6) is -2.60. The number of hydrogen-bond donors (Lipinski definition) is 3. The highest BCUT2D eigenvalue weighted by Crippen LogP contribution is 2.46. The van der Waals surface area contributed by atoms with Gasteiger partial charge in [0.25, 0.3) is 0 Å². The molecule has 6 atom stereocenters. The molecule has 0 bridgehead atoms. The van der Waals surface area contributed by atoms with Crippen molar-refractivity contribution in [3.05, 3.63) is 0 Å². The average Bonchev–Trinajstić information content (AvgIpc) is 3.59. The van der Waals surface area contributed by atoms with Crippen molar-refractivity contribution < 1.29 is 48.6 Å². The summed E-state index contributed by atoms with van der Waals surface area (Å²) in [5, 5.41) is 29.8. The molecule has 2 rings (SSSR count). The highest BCUT2D eigenvalue weighted by Gasteiger charge is 2.70. The molecular formula is C27H48O10. The molecule has 37 heavy (non-hydrogen) atoms. The predicted molar refractivity (Wildman–Crippen MR) is 134 cm³/mol. The third-order valence-corrected chi connectivity index (χ3v) is 6.82. The molecule has 2 aliphatic rings. The summed E-state index contributed by atoms with van der Waals surface area (Å²) in [6.45, 7) is 3.44. The summed E-state index contributed by atoms with van der Waals surface area (Å²) in [6.07, 6.45) is 7.80. The SMILES string of the molecule is CCCCCCCCCC(=O)O[C@H](COC(=O)CCCCCCC)CO[C@@H]1O[C@H](CO)[C@H](O)[C@@]2(O)O[C@@H]12. The fraction of sp³-hybridized carbons (Fsp3) is 0.926. The minimum atomic E-state index is -1.84. The van der Waals surface area contributed by atoms with Gasteiger partial charge in [0.1, 0.15) is 18.8 Å². The molecule has 3 N–H and O–H groups in total. The topological polar surface area (TPSA) is 144 Å². The van der Waals surface area contributed by atoms with E-state index >= 15 is 0 Å². The molecular weight excluding hydrogens is 484 g/mol. The third-order valence-electron chi connectivity index (χ3n) is 6.82. The molecule has 2 heterocycles. The second kappa shape index (κ2) is 17.3. The normalized spacial score (nSPS) is 27.4. The van der Waals surface area contributed by atoms with Crippen LogP contribution >= 0.6 is 0 Å². The molecule has 216 valence electrons. The lowest BCUT2D eigenvalue weighted by Crippen LogP contribution is -2.54. The molecule has 0 amide bonds. The Morgan fingerprint density at radius 1 is 0.865 bits per heavy atom. The largest absolute Gasteiger partial charge is 0.462 e. The van der Waals surface area contributed by atoms with Crippen LogP contribution in [-0.4, -0.2) is 83.6 Å². The maximum absolute atomic E-state index is 12.4. The first kappa shape index (κ1) is 31.9. The van der Waals surface area contributed by atoms with Crippen LogP contribution in [-0.2, 0) is 33.3 Å². The monoisotopic (exact) mass is 532 g/mol. The van der Waals surface area contributed by atoms with Crippen molar-refractivity contribution in [3.8, 4) is 0 Å². The van der Waals surface area contributed by atoms with E-state index in [1.165, 1.54) is 19.3 Å². The Morgan fingerprint density at radius 2 is 1.43 bits per heavy atom. The van der Waals surface area contributed by atoms with Crippen LogP contribution in [0.25, 0.3) is 0 Å². The molecule has 0 aromatic rings. The van der Waals surface area contributed by atoms with Gasteiger partial charge in [-0.15, -0.1) is 0 Å². The van der Waals surface area contributed by atoms with E-state index in [4.69, 9.17) is 23.7 Å². The van der Waals surface area contributed by atoms with Crippen LogP contribution < -0.4 is 0 Å². The zero-order valence-corrected chi connectivity index (χ0v) is 22.6. The van der Waals surface area contributed by atoms with E-state index in [2.05, 4.69) is 13.8 Å². The summed E-state index contributed by atoms with van der Waals surface area (Å²) in [4.78, 5) is 24.6. The van der Waals surface area contributed by atoms with Crippen molar-refractivity contribution >= 4 is 11.9 Å². The van der Waals surface area contributed by atoms with Gasteiger partial charge in [-0.1, -0.05) is 78.1 Å². The van der Waals surface area contributed by atoms with E-state index in [1.807, 2.05) is 0 Å². The molecule has 0 aliphatic carbocycles. The molecule has 10 nitrogen and oxygen atoms in total. The number of esters is 2. The number of carbonyl (C=O) groups is 2. The molecule has 0 spiro atoms. The number of aliphatic hydroxyl groups is 3. The Hall–Kier alpha value is -1.30. The molecule has 2 fully saturated rings. The maximum Gasteiger partial charge on any atom is 0.306 e. The Balaban J connectivity index is 1.79. The van der Waals surface area contributed by atoms with Crippen molar-refractivity contribution in [2.45, 2.75) is 140 Å². The van der Waals surface area contributed by atoms with Crippen molar-refractivity contribution in [1.29, 1.82) is 0 Å². The van der Waals surface area contributed by atoms with Gasteiger partial charge in [0, 0.05) is 12.8 Å². The first-order chi connectivity index (χ1) is 17.8. The maximum atomic E-state index is 12.4. The van der Waals surface area contributed by atoms with Crippen molar-refractivity contribution in [3.63, 3.8) is 0 Å². The molecule has 0 aromatic heterocycles. The first-order valence-corrected chi connectivity index (χ1v) is 14.2. The summed E-state index contributed by atoms with van der Waals surface area (Å²) < 4.78 is 27.2. The van der Waals surface area contributed by atoms with Crippen LogP contribution in [0.4, 0.5) is 0 Å². The van der Waals surface area contributed by atoms with Crippen LogP contribution in [0.2, 0.25) is 0 Å². The van der Waals surface area contributed by atoms with Gasteiger partial charge in [-0.05, 0) is 12.8 Å². The number of unbranched alkanes of at least 4 members (excludes halogenated alkanes) is 10. The summed E-state index contributed by atoms with van der Waals surface area (Å²) in [7, 11) is 0. The second-order valence-electron chi connectivity index (χ2n) is 10.1. The zero-order chi connectivity index (χ0) is 27.1. The number of epoxide rings is 1. The van der Waals surface area contributed by atoms with Gasteiger partial charge < -0.3 is 39.0 Å². The quantitative estimate of drug-likeness (QED) is 0.115. The average molecular weight is 533 g/mol. The molecule has 2 saturated heterocycles. The van der Waals surface area contributed by atoms with E-state index in [0.29, 0.717) is 6.42 Å². The van der Waals surface area contributed by atoms with E-state index in [-0.39, 0.29) is 25.6 Å². The van der Waals surface area contributed by atoms with Crippen molar-refractivity contribution in [1.82, 2.24) is 0 Å². The Kier molecular flexibility index (Phi) is 14.9. The van der Waals surface area contributed by atoms with Crippen molar-refractivity contribution in [2.24, 2.45) is 0 Å². The van der Waals surface area contributed by atoms with E-state index in [1.54, 1.807) is 0 Å². The van der Waals surface area contributed by atoms with E-state index in [0.717, 1.165) is 57.8 Å². The van der Waals surface area contributed by atoms with Crippen LogP contribution in [0.1, 0.15) is 104 Å². The highest BCUT2D eigenvalue weighted by molar-refractivity contribution is 5.70. The first-order valence-electron chi connectivity index (χ1n) is 14.2. The molecule has 0 unspecified atom stereocenters. The van der Waals surface area contributed by atoms with Crippen molar-refractivity contribution in [2.75, 3.05) is 19.8 Å². The number of aliphatic hydroxyl groups excluding tert-OH is 2. The smallest absolute Gasteiger partial charge is 0.306 e. The van der Waals surface area contributed by atoms with Gasteiger partial charge >= 0.3 is 11.9 Å². The fourth-order valence-electron chi connectivity index (χ4n) is 4.43. The van der Waals surface area contributed by atoms with Gasteiger partial charge in [0.05, 0.1) is 13.2 Å². The van der Waals surface area contributed by atoms with E-state index < -0.39 is 49.1 Å². The molecule has 2 aliphatic heterocycles. The number of hydrogen-bond acceptors (Lipinski definition) is 10. The van der Waals surface area contributed by atoms with Gasteiger partial charge in [-0.2, -0.15) is 0 Å². The fourth-order valence-corrected chi connectivity index (χ4v) is 4.43. The van der Waals surface area contributed by atoms with Gasteiger partial charge in [0.2, 0.25) is 5.79 Å². The molecule has 0 radical (unpaired) electrons. The van der Waals surface area contributed by atoms with Gasteiger partial charge in [-0.25, -0.2) is 0 Å². The lowest BCUT2D eigenvalue weighted by atomic mass is 10.0. The third kappa shape index (κ3) is 11.1. The Bertz CT molecular complexity index is 659. The molecule has 0 saturated carbocycles. The minimum absolute atomic E-state index is 0.162. The standard InChI is InChI=1S/C27H48O10/c1-3-5-7-9-10-12-14-16-23(30)35-20(18-33-22(29)15-13-11-8-6-4-2)19-34-26-25-27(32,37-25)24(31)21(17-28)36-26/h20-21,24-26,28,31-32H,3-19H2,1-2H3/t20-,21-,24+,25+,26-,27-/m1/s1. The van der Waals surface area contributed by atoms with Crippen LogP contribution in [0.15, 0.2) is 0 Å². The molecule has 10 heteroatoms. The highest BCUT2D eigenvalue weighted by atomic mass is 16.8. The summed E-state index contributed by atoms with van der Waals surface area (Å²) in [5.41, 5.74) is 0. The van der Waals surface area contributed by atoms with Gasteiger partial charge in [0.15, 0.2) is 18.5 Å². The number of ether oxygens (including phenoxy) is 5. The summed E-state index contributed by atoms with van der Waals surface area (Å²) in [6, 6.07) is 0. The summed E-state index contributed by atoms with van der Waals surface area (Å²) >= 11 is 0. The zero-order valence-electron chi connectivity index (χ0n) is 22.6. The lowest BCUT2D eigenvalue weighted by molar-refractivity contribution is -0.254. The Labute approximate surface area is 220 Å². The lowest BCUT2D eigenvalue weighted by Gasteiger charge is -2.33.